The van der Waals surface area contributed by atoms with Gasteiger partial charge in [0.15, 0.2) is 5.78 Å². The Morgan fingerprint density at radius 2 is 2.30 bits per heavy atom. The second-order valence-corrected chi connectivity index (χ2v) is 4.69. The van der Waals surface area contributed by atoms with Gasteiger partial charge in [-0.05, 0) is 19.1 Å². The normalized spacial score (nSPS) is 18.7. The maximum Gasteiger partial charge on any atom is 0.322 e. The molecule has 2 N–H and O–H groups in total. The van der Waals surface area contributed by atoms with E-state index in [0.29, 0.717) is 30.9 Å². The summed E-state index contributed by atoms with van der Waals surface area (Å²) in [5.74, 6) is -0.0483. The van der Waals surface area contributed by atoms with E-state index in [9.17, 15) is 9.59 Å². The van der Waals surface area contributed by atoms with Gasteiger partial charge in [-0.15, -0.1) is 0 Å². The zero-order valence-electron chi connectivity index (χ0n) is 11.3. The number of anilines is 1. The van der Waals surface area contributed by atoms with E-state index in [4.69, 9.17) is 9.84 Å². The topological polar surface area (TPSA) is 78.9 Å². The van der Waals surface area contributed by atoms with Crippen LogP contribution in [-0.2, 0) is 4.74 Å². The number of hydrogen-bond donors (Lipinski definition) is 2. The lowest BCUT2D eigenvalue weighted by atomic mass is 10.1. The molecule has 2 amide bonds. The number of nitrogens with zero attached hydrogens (tertiary/aromatic N) is 1. The van der Waals surface area contributed by atoms with Gasteiger partial charge in [0.1, 0.15) is 0 Å². The Bertz CT molecular complexity index is 504. The van der Waals surface area contributed by atoms with E-state index in [2.05, 4.69) is 5.32 Å². The van der Waals surface area contributed by atoms with Crippen molar-refractivity contribution in [1.29, 1.82) is 0 Å². The summed E-state index contributed by atoms with van der Waals surface area (Å²) in [6, 6.07) is 6.54. The molecule has 1 aliphatic rings. The van der Waals surface area contributed by atoms with E-state index in [1.165, 1.54) is 6.92 Å². The molecule has 6 nitrogen and oxygen atoms in total. The van der Waals surface area contributed by atoms with Crippen LogP contribution in [0.5, 0.6) is 0 Å². The zero-order valence-corrected chi connectivity index (χ0v) is 11.3. The van der Waals surface area contributed by atoms with Crippen LogP contribution in [0.25, 0.3) is 0 Å². The first-order valence-electron chi connectivity index (χ1n) is 6.49. The van der Waals surface area contributed by atoms with Crippen LogP contribution in [0.2, 0.25) is 0 Å². The van der Waals surface area contributed by atoms with Gasteiger partial charge in [-0.3, -0.25) is 4.79 Å². The second kappa shape index (κ2) is 6.49. The molecular weight excluding hydrogens is 260 g/mol. The molecule has 0 saturated carbocycles. The second-order valence-electron chi connectivity index (χ2n) is 4.69. The van der Waals surface area contributed by atoms with Crippen molar-refractivity contribution < 1.29 is 19.4 Å². The standard InChI is InChI=1S/C14H18N2O4/c1-10(18)11-3-2-4-12(7-11)15-14(19)16-5-6-20-13(8-16)9-17/h2-4,7,13,17H,5-6,8-9H2,1H3,(H,15,19). The number of aliphatic hydroxyl groups is 1. The number of carbonyl (C=O) groups is 2. The highest BCUT2D eigenvalue weighted by Crippen LogP contribution is 2.13. The van der Waals surface area contributed by atoms with Gasteiger partial charge in [-0.2, -0.15) is 0 Å². The third-order valence-electron chi connectivity index (χ3n) is 3.15. The summed E-state index contributed by atoms with van der Waals surface area (Å²) in [5, 5.41) is 11.8. The van der Waals surface area contributed by atoms with Crippen molar-refractivity contribution >= 4 is 17.5 Å². The molecule has 6 heteroatoms. The number of benzene rings is 1. The molecule has 1 heterocycles. The molecule has 1 unspecified atom stereocenters. The SMILES string of the molecule is CC(=O)c1cccc(NC(=O)N2CCOC(CO)C2)c1. The summed E-state index contributed by atoms with van der Waals surface area (Å²) >= 11 is 0. The van der Waals surface area contributed by atoms with Crippen LogP contribution in [0.4, 0.5) is 10.5 Å². The number of carbonyl (C=O) groups excluding carboxylic acids is 2. The number of hydrogen-bond acceptors (Lipinski definition) is 4. The molecule has 108 valence electrons. The van der Waals surface area contributed by atoms with Gasteiger partial charge >= 0.3 is 6.03 Å². The molecule has 2 rings (SSSR count). The Kier molecular flexibility index (Phi) is 4.70. The van der Waals surface area contributed by atoms with E-state index in [1.807, 2.05) is 0 Å². The number of ether oxygens (including phenoxy) is 1. The average Bonchev–Trinajstić information content (AvgIpc) is 2.47. The lowest BCUT2D eigenvalue weighted by Gasteiger charge is -2.32. The Hall–Kier alpha value is -1.92. The molecule has 1 atom stereocenters. The van der Waals surface area contributed by atoms with Crippen LogP contribution < -0.4 is 5.32 Å². The quantitative estimate of drug-likeness (QED) is 0.812. The molecule has 0 radical (unpaired) electrons. The number of nitrogens with one attached hydrogen (secondary N) is 1. The van der Waals surface area contributed by atoms with E-state index in [1.54, 1.807) is 29.2 Å². The van der Waals surface area contributed by atoms with E-state index in [-0.39, 0.29) is 24.5 Å². The molecule has 0 aromatic heterocycles. The summed E-state index contributed by atoms with van der Waals surface area (Å²) in [4.78, 5) is 25.0. The molecule has 1 aromatic rings. The molecule has 20 heavy (non-hydrogen) atoms. The van der Waals surface area contributed by atoms with Crippen molar-refractivity contribution in [3.63, 3.8) is 0 Å². The Balaban J connectivity index is 2.00. The first-order valence-corrected chi connectivity index (χ1v) is 6.49. The minimum Gasteiger partial charge on any atom is -0.394 e. The smallest absolute Gasteiger partial charge is 0.322 e. The maximum absolute atomic E-state index is 12.1. The summed E-state index contributed by atoms with van der Waals surface area (Å²) in [6.45, 7) is 2.62. The highest BCUT2D eigenvalue weighted by molar-refractivity contribution is 5.96. The van der Waals surface area contributed by atoms with Crippen LogP contribution in [0.3, 0.4) is 0 Å². The first kappa shape index (κ1) is 14.5. The predicted octanol–water partition coefficient (Wildman–Crippen LogP) is 1.11. The lowest BCUT2D eigenvalue weighted by molar-refractivity contribution is -0.0388. The minimum atomic E-state index is -0.335. The molecular formula is C14H18N2O4. The molecule has 1 aromatic carbocycles. The molecule has 1 saturated heterocycles. The zero-order chi connectivity index (χ0) is 14.5. The van der Waals surface area contributed by atoms with Gasteiger partial charge in [0.05, 0.1) is 25.9 Å². The van der Waals surface area contributed by atoms with Crippen molar-refractivity contribution in [3.05, 3.63) is 29.8 Å². The van der Waals surface area contributed by atoms with Crippen molar-refractivity contribution in [1.82, 2.24) is 4.90 Å². The van der Waals surface area contributed by atoms with Crippen molar-refractivity contribution in [3.8, 4) is 0 Å². The number of amides is 2. The van der Waals surface area contributed by atoms with Crippen LogP contribution in [0.15, 0.2) is 24.3 Å². The highest BCUT2D eigenvalue weighted by atomic mass is 16.5. The highest BCUT2D eigenvalue weighted by Gasteiger charge is 2.23. The summed E-state index contributed by atoms with van der Waals surface area (Å²) in [7, 11) is 0. The van der Waals surface area contributed by atoms with Crippen LogP contribution >= 0.6 is 0 Å². The first-order chi connectivity index (χ1) is 9.60. The Morgan fingerprint density at radius 3 is 3.00 bits per heavy atom. The van der Waals surface area contributed by atoms with Crippen molar-refractivity contribution in [2.24, 2.45) is 0 Å². The van der Waals surface area contributed by atoms with Gasteiger partial charge < -0.3 is 20.1 Å². The third kappa shape index (κ3) is 3.55. The van der Waals surface area contributed by atoms with E-state index >= 15 is 0 Å². The number of morpholine rings is 1. The summed E-state index contributed by atoms with van der Waals surface area (Å²) in [5.41, 5.74) is 1.13. The number of ketones is 1. The van der Waals surface area contributed by atoms with Crippen LogP contribution in [-0.4, -0.2) is 54.2 Å². The van der Waals surface area contributed by atoms with Gasteiger partial charge in [0.2, 0.25) is 0 Å². The number of rotatable bonds is 3. The number of Topliss-reactive ketones (excluding diaryl/α,β-unsaturated/α-hetero) is 1. The fourth-order valence-electron chi connectivity index (χ4n) is 2.03. The average molecular weight is 278 g/mol. The number of aliphatic hydroxyl groups excluding tert-OH is 1. The number of urea groups is 1. The molecule has 0 bridgehead atoms. The third-order valence-corrected chi connectivity index (χ3v) is 3.15. The molecule has 0 aliphatic carbocycles. The fraction of sp³-hybridized carbons (Fsp3) is 0.429. The maximum atomic E-state index is 12.1. The molecule has 1 fully saturated rings. The monoisotopic (exact) mass is 278 g/mol. The minimum absolute atomic E-state index is 0.0483. The van der Waals surface area contributed by atoms with Crippen molar-refractivity contribution in [2.45, 2.75) is 13.0 Å². The van der Waals surface area contributed by atoms with Crippen molar-refractivity contribution in [2.75, 3.05) is 31.6 Å². The molecule has 1 aliphatic heterocycles. The summed E-state index contributed by atoms with van der Waals surface area (Å²) in [6.07, 6.45) is -0.335. The Morgan fingerprint density at radius 1 is 1.50 bits per heavy atom. The van der Waals surface area contributed by atoms with E-state index < -0.39 is 0 Å². The predicted molar refractivity (Wildman–Crippen MR) is 73.9 cm³/mol. The van der Waals surface area contributed by atoms with Gasteiger partial charge in [-0.25, -0.2) is 4.79 Å². The van der Waals surface area contributed by atoms with Crippen LogP contribution in [0, 0.1) is 0 Å². The largest absolute Gasteiger partial charge is 0.394 e. The molecule has 0 spiro atoms. The van der Waals surface area contributed by atoms with Gasteiger partial charge in [-0.1, -0.05) is 12.1 Å². The van der Waals surface area contributed by atoms with E-state index in [0.717, 1.165) is 0 Å². The van der Waals surface area contributed by atoms with Crippen LogP contribution in [0.1, 0.15) is 17.3 Å². The fourth-order valence-corrected chi connectivity index (χ4v) is 2.03. The van der Waals surface area contributed by atoms with Gasteiger partial charge in [0.25, 0.3) is 0 Å². The Labute approximate surface area is 117 Å². The summed E-state index contributed by atoms with van der Waals surface area (Å²) < 4.78 is 5.29. The lowest BCUT2D eigenvalue weighted by Crippen LogP contribution is -2.48. The van der Waals surface area contributed by atoms with Gasteiger partial charge in [0, 0.05) is 17.8 Å².